The van der Waals surface area contributed by atoms with E-state index in [4.69, 9.17) is 0 Å². The maximum Gasteiger partial charge on any atom is 0.270 e. The number of aromatic nitrogens is 3. The third kappa shape index (κ3) is 3.77. The van der Waals surface area contributed by atoms with Crippen LogP contribution >= 0.6 is 11.3 Å². The summed E-state index contributed by atoms with van der Waals surface area (Å²) in [6.07, 6.45) is 2.89. The summed E-state index contributed by atoms with van der Waals surface area (Å²) >= 11 is 1.35. The van der Waals surface area contributed by atoms with Gasteiger partial charge in [-0.05, 0) is 36.5 Å². The lowest BCUT2D eigenvalue weighted by atomic mass is 9.96. The van der Waals surface area contributed by atoms with Crippen LogP contribution in [0.15, 0.2) is 35.4 Å². The molecule has 7 nitrogen and oxygen atoms in total. The number of H-pyrrole nitrogens is 1. The molecule has 0 bridgehead atoms. The molecule has 28 heavy (non-hydrogen) atoms. The predicted molar refractivity (Wildman–Crippen MR) is 112 cm³/mol. The average Bonchev–Trinajstić information content (AvgIpc) is 3.14. The standard InChI is InChI=1S/C20H23N5O2S/c1-12(2)13-3-5-15(6-4-13)23-18(26)14-7-9-25(10-8-14)20-24-17-16(28-20)19(27)22-11-21-17/h3-6,11-12,14H,7-10H2,1-2H3,(H,23,26)(H,21,22,27). The maximum atomic E-state index is 12.6. The second kappa shape index (κ2) is 7.71. The highest BCUT2D eigenvalue weighted by molar-refractivity contribution is 7.22. The van der Waals surface area contributed by atoms with Crippen LogP contribution in [-0.4, -0.2) is 33.9 Å². The molecule has 4 rings (SSSR count). The first-order valence-corrected chi connectivity index (χ1v) is 10.3. The molecule has 0 aliphatic carbocycles. The van der Waals surface area contributed by atoms with Crippen molar-refractivity contribution in [3.8, 4) is 0 Å². The quantitative estimate of drug-likeness (QED) is 0.704. The third-order valence-corrected chi connectivity index (χ3v) is 6.27. The van der Waals surface area contributed by atoms with Crippen molar-refractivity contribution in [2.75, 3.05) is 23.3 Å². The van der Waals surface area contributed by atoms with E-state index >= 15 is 0 Å². The summed E-state index contributed by atoms with van der Waals surface area (Å²) in [7, 11) is 0. The fourth-order valence-corrected chi connectivity index (χ4v) is 4.39. The van der Waals surface area contributed by atoms with Gasteiger partial charge in [0.05, 0.1) is 6.33 Å². The molecule has 0 radical (unpaired) electrons. The third-order valence-electron chi connectivity index (χ3n) is 5.17. The largest absolute Gasteiger partial charge is 0.348 e. The van der Waals surface area contributed by atoms with Crippen molar-refractivity contribution in [3.63, 3.8) is 0 Å². The second-order valence-corrected chi connectivity index (χ2v) is 8.39. The minimum Gasteiger partial charge on any atom is -0.348 e. The Labute approximate surface area is 166 Å². The van der Waals surface area contributed by atoms with Crippen LogP contribution in [0.25, 0.3) is 10.3 Å². The van der Waals surface area contributed by atoms with Gasteiger partial charge in [0.1, 0.15) is 4.70 Å². The Bertz CT molecular complexity index is 1030. The molecule has 3 heterocycles. The summed E-state index contributed by atoms with van der Waals surface area (Å²) in [5.74, 6) is 0.527. The Kier molecular flexibility index (Phi) is 5.13. The molecule has 1 aromatic carbocycles. The number of amides is 1. The van der Waals surface area contributed by atoms with Crippen molar-refractivity contribution in [1.29, 1.82) is 0 Å². The number of piperidine rings is 1. The van der Waals surface area contributed by atoms with Gasteiger partial charge in [0.15, 0.2) is 10.8 Å². The highest BCUT2D eigenvalue weighted by Crippen LogP contribution is 2.29. The van der Waals surface area contributed by atoms with E-state index in [0.717, 1.165) is 36.8 Å². The summed E-state index contributed by atoms with van der Waals surface area (Å²) in [6.45, 7) is 5.78. The number of carbonyl (C=O) groups excluding carboxylic acids is 1. The number of thiazole rings is 1. The van der Waals surface area contributed by atoms with E-state index in [1.165, 1.54) is 23.2 Å². The van der Waals surface area contributed by atoms with E-state index in [-0.39, 0.29) is 17.4 Å². The number of aromatic amines is 1. The van der Waals surface area contributed by atoms with Crippen LogP contribution in [0, 0.1) is 5.92 Å². The van der Waals surface area contributed by atoms with Crippen LogP contribution in [0.1, 0.15) is 38.2 Å². The normalized spacial score (nSPS) is 15.3. The molecule has 0 spiro atoms. The summed E-state index contributed by atoms with van der Waals surface area (Å²) in [6, 6.07) is 8.06. The van der Waals surface area contributed by atoms with Gasteiger partial charge in [-0.25, -0.2) is 4.98 Å². The van der Waals surface area contributed by atoms with Crippen molar-refractivity contribution in [2.24, 2.45) is 5.92 Å². The molecule has 1 fully saturated rings. The van der Waals surface area contributed by atoms with Gasteiger partial charge in [-0.15, -0.1) is 0 Å². The predicted octanol–water partition coefficient (Wildman–Crippen LogP) is 3.36. The molecule has 0 atom stereocenters. The first-order valence-electron chi connectivity index (χ1n) is 9.51. The summed E-state index contributed by atoms with van der Waals surface area (Å²) in [5, 5.41) is 3.83. The van der Waals surface area contributed by atoms with Crippen LogP contribution in [-0.2, 0) is 4.79 Å². The molecule has 1 aliphatic rings. The topological polar surface area (TPSA) is 91.0 Å². The lowest BCUT2D eigenvalue weighted by molar-refractivity contribution is -0.120. The fraction of sp³-hybridized carbons (Fsp3) is 0.400. The smallest absolute Gasteiger partial charge is 0.270 e. The van der Waals surface area contributed by atoms with E-state index < -0.39 is 0 Å². The van der Waals surface area contributed by atoms with Crippen LogP contribution < -0.4 is 15.8 Å². The Morgan fingerprint density at radius 2 is 1.96 bits per heavy atom. The van der Waals surface area contributed by atoms with Gasteiger partial charge in [-0.1, -0.05) is 37.3 Å². The number of nitrogens with one attached hydrogen (secondary N) is 2. The van der Waals surface area contributed by atoms with Gasteiger partial charge in [0, 0.05) is 24.7 Å². The molecular formula is C20H23N5O2S. The van der Waals surface area contributed by atoms with E-state index in [1.54, 1.807) is 0 Å². The molecule has 146 valence electrons. The Morgan fingerprint density at radius 1 is 1.25 bits per heavy atom. The molecule has 1 saturated heterocycles. The van der Waals surface area contributed by atoms with E-state index in [2.05, 4.69) is 51.1 Å². The number of benzene rings is 1. The number of hydrogen-bond acceptors (Lipinski definition) is 6. The molecule has 2 aromatic heterocycles. The number of carbonyl (C=O) groups is 1. The van der Waals surface area contributed by atoms with Crippen LogP contribution in [0.3, 0.4) is 0 Å². The Morgan fingerprint density at radius 3 is 2.61 bits per heavy atom. The van der Waals surface area contributed by atoms with Gasteiger partial charge >= 0.3 is 0 Å². The highest BCUT2D eigenvalue weighted by Gasteiger charge is 2.27. The van der Waals surface area contributed by atoms with Crippen LogP contribution in [0.4, 0.5) is 10.8 Å². The van der Waals surface area contributed by atoms with Crippen molar-refractivity contribution in [1.82, 2.24) is 15.0 Å². The number of fused-ring (bicyclic) bond motifs is 1. The van der Waals surface area contributed by atoms with Gasteiger partial charge in [-0.3, -0.25) is 9.59 Å². The minimum absolute atomic E-state index is 0.0167. The number of anilines is 2. The fourth-order valence-electron chi connectivity index (χ4n) is 3.42. The summed E-state index contributed by atoms with van der Waals surface area (Å²) in [5.41, 5.74) is 2.42. The van der Waals surface area contributed by atoms with Gasteiger partial charge < -0.3 is 15.2 Å². The second-order valence-electron chi connectivity index (χ2n) is 7.41. The lowest BCUT2D eigenvalue weighted by Gasteiger charge is -2.30. The van der Waals surface area contributed by atoms with E-state index in [0.29, 0.717) is 16.3 Å². The molecule has 8 heteroatoms. The van der Waals surface area contributed by atoms with Crippen LogP contribution in [0.2, 0.25) is 0 Å². The monoisotopic (exact) mass is 397 g/mol. The van der Waals surface area contributed by atoms with Gasteiger partial charge in [0.25, 0.3) is 5.56 Å². The first-order chi connectivity index (χ1) is 13.5. The molecule has 0 unspecified atom stereocenters. The number of hydrogen-bond donors (Lipinski definition) is 2. The highest BCUT2D eigenvalue weighted by atomic mass is 32.1. The molecule has 2 N–H and O–H groups in total. The van der Waals surface area contributed by atoms with Crippen molar-refractivity contribution >= 4 is 38.4 Å². The molecule has 0 saturated carbocycles. The number of rotatable bonds is 4. The number of nitrogens with zero attached hydrogens (tertiary/aromatic N) is 3. The van der Waals surface area contributed by atoms with Crippen LogP contribution in [0.5, 0.6) is 0 Å². The van der Waals surface area contributed by atoms with E-state index in [1.807, 2.05) is 12.1 Å². The summed E-state index contributed by atoms with van der Waals surface area (Å²) in [4.78, 5) is 37.8. The summed E-state index contributed by atoms with van der Waals surface area (Å²) < 4.78 is 0.544. The first kappa shape index (κ1) is 18.6. The zero-order chi connectivity index (χ0) is 19.7. The molecule has 3 aromatic rings. The Hall–Kier alpha value is -2.74. The molecule has 1 aliphatic heterocycles. The van der Waals surface area contributed by atoms with Crippen molar-refractivity contribution in [2.45, 2.75) is 32.6 Å². The lowest BCUT2D eigenvalue weighted by Crippen LogP contribution is -2.38. The van der Waals surface area contributed by atoms with Crippen molar-refractivity contribution in [3.05, 3.63) is 46.5 Å². The maximum absolute atomic E-state index is 12.6. The average molecular weight is 398 g/mol. The minimum atomic E-state index is -0.161. The van der Waals surface area contributed by atoms with Gasteiger partial charge in [0.2, 0.25) is 5.91 Å². The SMILES string of the molecule is CC(C)c1ccc(NC(=O)C2CCN(c3nc4nc[nH]c(=O)c4s3)CC2)cc1. The van der Waals surface area contributed by atoms with Crippen molar-refractivity contribution < 1.29 is 4.79 Å². The van der Waals surface area contributed by atoms with E-state index in [9.17, 15) is 9.59 Å². The van der Waals surface area contributed by atoms with Gasteiger partial charge in [-0.2, -0.15) is 4.98 Å². The molecule has 1 amide bonds. The molecular weight excluding hydrogens is 374 g/mol. The Balaban J connectivity index is 1.37. The zero-order valence-corrected chi connectivity index (χ0v) is 16.8. The zero-order valence-electron chi connectivity index (χ0n) is 15.9.